The molecule has 0 bridgehead atoms. The van der Waals surface area contributed by atoms with Gasteiger partial charge in [-0.25, -0.2) is 0 Å². The van der Waals surface area contributed by atoms with Gasteiger partial charge in [-0.15, -0.1) is 0 Å². The zero-order valence-electron chi connectivity index (χ0n) is 30.0. The lowest BCUT2D eigenvalue weighted by Crippen LogP contribution is -2.14. The smallest absolute Gasteiger partial charge is 0.0159 e. The summed E-state index contributed by atoms with van der Waals surface area (Å²) in [6.07, 6.45) is 14.4. The molecule has 0 heterocycles. The second-order valence-corrected chi connectivity index (χ2v) is 15.7. The van der Waals surface area contributed by atoms with E-state index >= 15 is 0 Å². The Kier molecular flexibility index (Phi) is 6.53. The van der Waals surface area contributed by atoms with E-state index in [1.807, 2.05) is 0 Å². The number of fused-ring (bicyclic) bond motifs is 10. The number of hydrogen-bond acceptors (Lipinski definition) is 0. The van der Waals surface area contributed by atoms with E-state index in [2.05, 4.69) is 196 Å². The summed E-state index contributed by atoms with van der Waals surface area (Å²) in [6, 6.07) is 54.5. The lowest BCUT2D eigenvalue weighted by atomic mass is 9.78. The first kappa shape index (κ1) is 30.4. The zero-order chi connectivity index (χ0) is 35.3. The summed E-state index contributed by atoms with van der Waals surface area (Å²) in [6.45, 7) is 4.71. The Morgan fingerprint density at radius 3 is 1.91 bits per heavy atom. The molecule has 0 saturated heterocycles. The van der Waals surface area contributed by atoms with E-state index < -0.39 is 0 Å². The van der Waals surface area contributed by atoms with E-state index in [1.54, 1.807) is 0 Å². The van der Waals surface area contributed by atoms with Gasteiger partial charge in [0.2, 0.25) is 0 Å². The van der Waals surface area contributed by atoms with Gasteiger partial charge in [-0.05, 0) is 123 Å². The third-order valence-corrected chi connectivity index (χ3v) is 12.3. The van der Waals surface area contributed by atoms with Gasteiger partial charge in [-0.3, -0.25) is 0 Å². The topological polar surface area (TPSA) is 0 Å². The van der Waals surface area contributed by atoms with Gasteiger partial charge in [0, 0.05) is 17.3 Å². The highest BCUT2D eigenvalue weighted by Crippen LogP contribution is 2.49. The van der Waals surface area contributed by atoms with E-state index in [1.165, 1.54) is 98.7 Å². The van der Waals surface area contributed by atoms with Crippen molar-refractivity contribution in [3.63, 3.8) is 0 Å². The normalized spacial score (nSPS) is 18.2. The summed E-state index contributed by atoms with van der Waals surface area (Å²) in [5.41, 5.74) is 13.2. The van der Waals surface area contributed by atoms with Crippen molar-refractivity contribution in [2.24, 2.45) is 11.8 Å². The van der Waals surface area contributed by atoms with E-state index in [4.69, 9.17) is 0 Å². The summed E-state index contributed by atoms with van der Waals surface area (Å²) >= 11 is 0. The molecule has 0 fully saturated rings. The molecular formula is C53H38. The molecule has 3 aliphatic carbocycles. The highest BCUT2D eigenvalue weighted by molar-refractivity contribution is 6.22. The summed E-state index contributed by atoms with van der Waals surface area (Å²) in [5, 5.41) is 10.4. The van der Waals surface area contributed by atoms with Gasteiger partial charge in [-0.1, -0.05) is 172 Å². The van der Waals surface area contributed by atoms with Crippen LogP contribution in [0.4, 0.5) is 0 Å². The second kappa shape index (κ2) is 11.4. The second-order valence-electron chi connectivity index (χ2n) is 15.7. The number of benzene rings is 8. The van der Waals surface area contributed by atoms with E-state index in [0.29, 0.717) is 11.8 Å². The van der Waals surface area contributed by atoms with Crippen LogP contribution < -0.4 is 0 Å². The van der Waals surface area contributed by atoms with Gasteiger partial charge in [0.1, 0.15) is 0 Å². The molecule has 0 aliphatic heterocycles. The predicted octanol–water partition coefficient (Wildman–Crippen LogP) is 14.1. The van der Waals surface area contributed by atoms with Crippen LogP contribution >= 0.6 is 0 Å². The molecule has 2 unspecified atom stereocenters. The molecular weight excluding hydrogens is 637 g/mol. The molecule has 0 saturated carbocycles. The maximum absolute atomic E-state index is 2.50. The number of allylic oxidation sites excluding steroid dienone is 8. The Morgan fingerprint density at radius 1 is 0.396 bits per heavy atom. The van der Waals surface area contributed by atoms with E-state index in [0.717, 1.165) is 0 Å². The van der Waals surface area contributed by atoms with Crippen molar-refractivity contribution < 1.29 is 0 Å². The van der Waals surface area contributed by atoms with Crippen LogP contribution in [0.2, 0.25) is 0 Å². The maximum atomic E-state index is 2.50. The monoisotopic (exact) mass is 674 g/mol. The average Bonchev–Trinajstić information content (AvgIpc) is 3.44. The Morgan fingerprint density at radius 2 is 1.02 bits per heavy atom. The highest BCUT2D eigenvalue weighted by Gasteiger charge is 2.35. The number of rotatable bonds is 3. The fraction of sp³-hybridized carbons (Fsp3) is 0.0943. The predicted molar refractivity (Wildman–Crippen MR) is 227 cm³/mol. The van der Waals surface area contributed by atoms with Crippen molar-refractivity contribution >= 4 is 54.2 Å². The van der Waals surface area contributed by atoms with Crippen LogP contribution in [0.15, 0.2) is 182 Å². The molecule has 0 spiro atoms. The maximum Gasteiger partial charge on any atom is 0.0159 e. The molecule has 11 rings (SSSR count). The Labute approximate surface area is 310 Å². The van der Waals surface area contributed by atoms with Gasteiger partial charge in [-0.2, -0.15) is 0 Å². The summed E-state index contributed by atoms with van der Waals surface area (Å²) in [5.74, 6) is 0.655. The first-order valence-corrected chi connectivity index (χ1v) is 18.9. The van der Waals surface area contributed by atoms with Gasteiger partial charge in [0.05, 0.1) is 0 Å². The van der Waals surface area contributed by atoms with Crippen LogP contribution in [0.5, 0.6) is 0 Å². The Bertz CT molecular complexity index is 2980. The molecule has 250 valence electrons. The van der Waals surface area contributed by atoms with Crippen LogP contribution in [-0.2, 0) is 5.41 Å². The minimum Gasteiger partial charge on any atom is -0.0761 e. The van der Waals surface area contributed by atoms with Crippen molar-refractivity contribution in [3.05, 3.63) is 204 Å². The molecule has 0 amide bonds. The van der Waals surface area contributed by atoms with Crippen molar-refractivity contribution in [2.75, 3.05) is 0 Å². The van der Waals surface area contributed by atoms with Gasteiger partial charge >= 0.3 is 0 Å². The van der Waals surface area contributed by atoms with Gasteiger partial charge < -0.3 is 0 Å². The summed E-state index contributed by atoms with van der Waals surface area (Å²) in [7, 11) is 0. The van der Waals surface area contributed by atoms with Gasteiger partial charge in [0.15, 0.2) is 0 Å². The standard InChI is InChI=1S/C53H38/c1-53(2)50-14-8-7-12-46(50)47-26-25-39(32-51(47)53)38-22-17-33-15-20-36(27-42(33)29-38)37-21-16-34-18-23-40(30-43(34)28-37)49-31-41-24-19-35-9-3-4-10-44(35)52(41)48-13-6-5-11-45(48)49/h3-32,34,43H,1-2H3. The molecule has 0 heteroatoms. The third kappa shape index (κ3) is 4.69. The Hall–Kier alpha value is -6.24. The van der Waals surface area contributed by atoms with Crippen LogP contribution in [0, 0.1) is 11.8 Å². The largest absolute Gasteiger partial charge is 0.0761 e. The van der Waals surface area contributed by atoms with Crippen LogP contribution in [0.1, 0.15) is 36.1 Å². The minimum absolute atomic E-state index is 0.0114. The van der Waals surface area contributed by atoms with Crippen LogP contribution in [0.25, 0.3) is 76.5 Å². The fourth-order valence-electron chi connectivity index (χ4n) is 9.53. The Balaban J connectivity index is 0.955. The lowest BCUT2D eigenvalue weighted by molar-refractivity contribution is 0.660. The molecule has 2 atom stereocenters. The van der Waals surface area contributed by atoms with Crippen LogP contribution in [0.3, 0.4) is 0 Å². The summed E-state index contributed by atoms with van der Waals surface area (Å²) in [4.78, 5) is 0. The van der Waals surface area contributed by atoms with Gasteiger partial charge in [0.25, 0.3) is 0 Å². The third-order valence-electron chi connectivity index (χ3n) is 12.3. The van der Waals surface area contributed by atoms with E-state index in [9.17, 15) is 0 Å². The molecule has 0 radical (unpaired) electrons. The molecule has 3 aliphatic rings. The lowest BCUT2D eigenvalue weighted by Gasteiger charge is -2.26. The zero-order valence-corrected chi connectivity index (χ0v) is 30.0. The highest BCUT2D eigenvalue weighted by atomic mass is 14.4. The SMILES string of the molecule is CC1(C)c2ccccc2-c2ccc(-c3ccc4ccc(C5=CC6C=C(c7cc8ccc9ccccc9c8c8ccccc78)C=CC6C=C5)cc4c3)cc21. The first-order valence-electron chi connectivity index (χ1n) is 18.9. The molecule has 0 N–H and O–H groups in total. The molecule has 8 aromatic carbocycles. The molecule has 53 heavy (non-hydrogen) atoms. The minimum atomic E-state index is -0.0114. The van der Waals surface area contributed by atoms with E-state index in [-0.39, 0.29) is 5.41 Å². The van der Waals surface area contributed by atoms with Crippen molar-refractivity contribution in [2.45, 2.75) is 19.3 Å². The molecule has 8 aromatic rings. The van der Waals surface area contributed by atoms with Crippen molar-refractivity contribution in [1.82, 2.24) is 0 Å². The fourth-order valence-corrected chi connectivity index (χ4v) is 9.53. The quantitative estimate of drug-likeness (QED) is 0.164. The van der Waals surface area contributed by atoms with Crippen molar-refractivity contribution in [3.8, 4) is 22.3 Å². The average molecular weight is 675 g/mol. The summed E-state index contributed by atoms with van der Waals surface area (Å²) < 4.78 is 0. The van der Waals surface area contributed by atoms with Crippen molar-refractivity contribution in [1.29, 1.82) is 0 Å². The first-order chi connectivity index (χ1) is 26.0. The number of hydrogen-bond donors (Lipinski definition) is 0. The molecule has 0 aromatic heterocycles. The molecule has 0 nitrogen and oxygen atoms in total. The van der Waals surface area contributed by atoms with Crippen LogP contribution in [-0.4, -0.2) is 0 Å².